The normalized spacial score (nSPS) is 17.5. The first kappa shape index (κ1) is 32.8. The van der Waals surface area contributed by atoms with Crippen molar-refractivity contribution in [3.05, 3.63) is 23.7 Å². The van der Waals surface area contributed by atoms with Gasteiger partial charge >= 0.3 is 0 Å². The van der Waals surface area contributed by atoms with Gasteiger partial charge in [-0.05, 0) is 0 Å². The minimum Gasteiger partial charge on any atom is -0.512 e. The maximum Gasteiger partial charge on any atom is 0.294 e. The van der Waals surface area contributed by atoms with Crippen LogP contribution in [-0.4, -0.2) is 96.0 Å². The summed E-state index contributed by atoms with van der Waals surface area (Å²) in [5.74, 6) is -2.68. The molecule has 11 heteroatoms. The van der Waals surface area contributed by atoms with Crippen LogP contribution in [0, 0.1) is 10.8 Å². The zero-order valence-electron chi connectivity index (χ0n) is 21.4. The molecule has 0 unspecified atom stereocenters. The van der Waals surface area contributed by atoms with Crippen LogP contribution in [0.4, 0.5) is 0 Å². The molecule has 2 N–H and O–H groups in total. The Labute approximate surface area is 217 Å². The summed E-state index contributed by atoms with van der Waals surface area (Å²) in [5, 5.41) is 19.3. The molecule has 35 heavy (non-hydrogen) atoms. The third kappa shape index (κ3) is 11.4. The fraction of sp³-hybridized carbons (Fsp3) is 0.667. The van der Waals surface area contributed by atoms with E-state index in [-0.39, 0.29) is 28.3 Å². The fourth-order valence-electron chi connectivity index (χ4n) is 2.65. The van der Waals surface area contributed by atoms with Gasteiger partial charge in [-0.25, -0.2) is 0 Å². The van der Waals surface area contributed by atoms with E-state index in [2.05, 4.69) is 0 Å². The molecule has 201 valence electrons. The number of hydrogen-bond donors (Lipinski definition) is 2. The molecule has 0 aromatic heterocycles. The Bertz CT molecular complexity index is 744. The predicted octanol–water partition coefficient (Wildman–Crippen LogP) is 1.80. The standard InChI is InChI=1S/2C12H19NO4.Co/c2*1-12(2,3)10(15)8-9(14)11(16)13-4-6-17-7-5-13;/h2*8,15H,4-7H2,1-3H3;/b2*10-8-;. The van der Waals surface area contributed by atoms with E-state index >= 15 is 0 Å². The largest absolute Gasteiger partial charge is 0.512 e. The molecule has 0 atom stereocenters. The van der Waals surface area contributed by atoms with Crippen molar-refractivity contribution in [2.75, 3.05) is 52.6 Å². The third-order valence-electron chi connectivity index (χ3n) is 5.09. The number of hydrogen-bond acceptors (Lipinski definition) is 8. The quantitative estimate of drug-likeness (QED) is 0.313. The van der Waals surface area contributed by atoms with Crippen LogP contribution in [0.15, 0.2) is 23.7 Å². The molecule has 2 saturated heterocycles. The molecular weight excluding hydrogens is 503 g/mol. The van der Waals surface area contributed by atoms with Crippen LogP contribution in [0.1, 0.15) is 41.5 Å². The SMILES string of the molecule is CC(C)(C)/C(O)=C/C(=O)C(=O)N1CCOCC1.CC(C)(C)/C(O)=C/C(=O)C(=O)N1CCOCC1.[Co]. The fourth-order valence-corrected chi connectivity index (χ4v) is 2.65. The number of morpholine rings is 2. The number of ketones is 2. The van der Waals surface area contributed by atoms with E-state index in [9.17, 15) is 29.4 Å². The number of nitrogens with zero attached hydrogens (tertiary/aromatic N) is 2. The van der Waals surface area contributed by atoms with Gasteiger partial charge in [0.05, 0.1) is 26.4 Å². The molecule has 0 spiro atoms. The minimum absolute atomic E-state index is 0. The second-order valence-corrected chi connectivity index (χ2v) is 10.1. The van der Waals surface area contributed by atoms with Crippen molar-refractivity contribution in [2.45, 2.75) is 41.5 Å². The third-order valence-corrected chi connectivity index (χ3v) is 5.09. The van der Waals surface area contributed by atoms with Crippen molar-refractivity contribution in [2.24, 2.45) is 10.8 Å². The zero-order chi connectivity index (χ0) is 26.1. The number of ether oxygens (including phenoxy) is 2. The molecule has 0 saturated carbocycles. The Morgan fingerprint density at radius 2 is 0.886 bits per heavy atom. The van der Waals surface area contributed by atoms with Crippen LogP contribution in [0.2, 0.25) is 0 Å². The smallest absolute Gasteiger partial charge is 0.294 e. The summed E-state index contributed by atoms with van der Waals surface area (Å²) in [6, 6.07) is 0. The topological polar surface area (TPSA) is 134 Å². The summed E-state index contributed by atoms with van der Waals surface area (Å²) in [6.45, 7) is 14.1. The molecule has 0 aliphatic carbocycles. The second kappa shape index (κ2) is 14.4. The van der Waals surface area contributed by atoms with Crippen LogP contribution < -0.4 is 0 Å². The van der Waals surface area contributed by atoms with Crippen molar-refractivity contribution >= 4 is 23.4 Å². The summed E-state index contributed by atoms with van der Waals surface area (Å²) in [4.78, 5) is 49.6. The first-order valence-corrected chi connectivity index (χ1v) is 11.3. The predicted molar refractivity (Wildman–Crippen MR) is 125 cm³/mol. The molecular formula is C24H38CoN2O8. The van der Waals surface area contributed by atoms with Gasteiger partial charge in [0.1, 0.15) is 11.5 Å². The number of aliphatic hydroxyl groups excluding tert-OH is 2. The minimum atomic E-state index is -0.681. The molecule has 2 aliphatic rings. The zero-order valence-corrected chi connectivity index (χ0v) is 22.4. The van der Waals surface area contributed by atoms with E-state index < -0.39 is 34.2 Å². The number of carbonyl (C=O) groups is 4. The summed E-state index contributed by atoms with van der Waals surface area (Å²) >= 11 is 0. The molecule has 0 aromatic carbocycles. The van der Waals surface area contributed by atoms with Gasteiger partial charge in [-0.15, -0.1) is 0 Å². The first-order chi connectivity index (χ1) is 15.6. The molecule has 10 nitrogen and oxygen atoms in total. The van der Waals surface area contributed by atoms with Gasteiger partial charge in [-0.2, -0.15) is 0 Å². The molecule has 2 rings (SSSR count). The Morgan fingerprint density at radius 1 is 0.629 bits per heavy atom. The number of amides is 2. The summed E-state index contributed by atoms with van der Waals surface area (Å²) in [7, 11) is 0. The summed E-state index contributed by atoms with van der Waals surface area (Å²) < 4.78 is 10.2. The van der Waals surface area contributed by atoms with Gasteiger partial charge in [-0.3, -0.25) is 19.2 Å². The Morgan fingerprint density at radius 3 is 1.11 bits per heavy atom. The Hall–Kier alpha value is -2.21. The number of carbonyl (C=O) groups excluding carboxylic acids is 4. The molecule has 2 heterocycles. The Balaban J connectivity index is 0.000000642. The van der Waals surface area contributed by atoms with Gasteiger partial charge in [0, 0.05) is 65.9 Å². The van der Waals surface area contributed by atoms with E-state index in [4.69, 9.17) is 9.47 Å². The summed E-state index contributed by atoms with van der Waals surface area (Å²) in [6.07, 6.45) is 2.02. The maximum absolute atomic E-state index is 11.7. The van der Waals surface area contributed by atoms with Gasteiger partial charge in [-0.1, -0.05) is 41.5 Å². The number of rotatable bonds is 4. The molecule has 2 fully saturated rings. The summed E-state index contributed by atoms with van der Waals surface area (Å²) in [5.41, 5.74) is -1.05. The van der Waals surface area contributed by atoms with Crippen LogP contribution in [0.3, 0.4) is 0 Å². The van der Waals surface area contributed by atoms with E-state index in [1.165, 1.54) is 9.80 Å². The van der Waals surface area contributed by atoms with Gasteiger partial charge in [0.25, 0.3) is 11.8 Å². The maximum atomic E-state index is 11.7. The molecule has 0 aromatic rings. The van der Waals surface area contributed by atoms with Gasteiger partial charge < -0.3 is 29.5 Å². The van der Waals surface area contributed by atoms with Crippen molar-refractivity contribution < 1.29 is 55.6 Å². The average Bonchev–Trinajstić information content (AvgIpc) is 2.78. The molecule has 2 aliphatic heterocycles. The van der Waals surface area contributed by atoms with Crippen LogP contribution in [-0.2, 0) is 45.4 Å². The van der Waals surface area contributed by atoms with E-state index in [1.807, 2.05) is 0 Å². The molecule has 0 bridgehead atoms. The van der Waals surface area contributed by atoms with Crippen LogP contribution >= 0.6 is 0 Å². The van der Waals surface area contributed by atoms with E-state index in [0.29, 0.717) is 52.6 Å². The molecule has 2 amide bonds. The van der Waals surface area contributed by atoms with Crippen molar-refractivity contribution in [1.29, 1.82) is 0 Å². The van der Waals surface area contributed by atoms with E-state index in [1.54, 1.807) is 41.5 Å². The van der Waals surface area contributed by atoms with Crippen LogP contribution in [0.5, 0.6) is 0 Å². The second-order valence-electron chi connectivity index (χ2n) is 10.1. The molecule has 1 radical (unpaired) electrons. The van der Waals surface area contributed by atoms with Gasteiger partial charge in [0.15, 0.2) is 0 Å². The van der Waals surface area contributed by atoms with Crippen molar-refractivity contribution in [1.82, 2.24) is 9.80 Å². The average molecular weight is 542 g/mol. The Kier molecular flexibility index (Phi) is 13.5. The van der Waals surface area contributed by atoms with Crippen LogP contribution in [0.25, 0.3) is 0 Å². The van der Waals surface area contributed by atoms with Crippen molar-refractivity contribution in [3.8, 4) is 0 Å². The van der Waals surface area contributed by atoms with Gasteiger partial charge in [0.2, 0.25) is 11.6 Å². The monoisotopic (exact) mass is 541 g/mol. The van der Waals surface area contributed by atoms with Crippen molar-refractivity contribution in [3.63, 3.8) is 0 Å². The first-order valence-electron chi connectivity index (χ1n) is 11.3. The number of allylic oxidation sites excluding steroid dienone is 2. The number of aliphatic hydroxyl groups is 2. The van der Waals surface area contributed by atoms with E-state index in [0.717, 1.165) is 12.2 Å².